The Balaban J connectivity index is 2.29. The summed E-state index contributed by atoms with van der Waals surface area (Å²) < 4.78 is 31.3. The first-order chi connectivity index (χ1) is 7.83. The molecule has 1 atom stereocenters. The zero-order valence-electron chi connectivity index (χ0n) is 11.0. The third-order valence-corrected chi connectivity index (χ3v) is 4.27. The van der Waals surface area contributed by atoms with E-state index >= 15 is 0 Å². The van der Waals surface area contributed by atoms with Crippen molar-refractivity contribution in [3.63, 3.8) is 0 Å². The third-order valence-electron chi connectivity index (χ3n) is 2.98. The van der Waals surface area contributed by atoms with E-state index in [2.05, 4.69) is 17.0 Å². The van der Waals surface area contributed by atoms with E-state index < -0.39 is 10.0 Å². The van der Waals surface area contributed by atoms with E-state index in [1.54, 1.807) is 0 Å². The zero-order chi connectivity index (χ0) is 12.9. The van der Waals surface area contributed by atoms with E-state index in [0.717, 1.165) is 19.5 Å². The van der Waals surface area contributed by atoms with Crippen LogP contribution in [0.5, 0.6) is 0 Å². The first-order valence-corrected chi connectivity index (χ1v) is 7.78. The Morgan fingerprint density at radius 2 is 2.18 bits per heavy atom. The molecule has 1 saturated heterocycles. The lowest BCUT2D eigenvalue weighted by Gasteiger charge is -2.22. The van der Waals surface area contributed by atoms with Crippen molar-refractivity contribution in [2.24, 2.45) is 5.41 Å². The van der Waals surface area contributed by atoms with E-state index in [-0.39, 0.29) is 23.9 Å². The lowest BCUT2D eigenvalue weighted by Crippen LogP contribution is -2.38. The molecule has 6 heteroatoms. The van der Waals surface area contributed by atoms with E-state index in [1.165, 1.54) is 0 Å². The highest BCUT2D eigenvalue weighted by Crippen LogP contribution is 2.23. The van der Waals surface area contributed by atoms with Crippen molar-refractivity contribution < 1.29 is 13.2 Å². The average molecular weight is 264 g/mol. The summed E-state index contributed by atoms with van der Waals surface area (Å²) >= 11 is 0. The molecule has 0 bridgehead atoms. The van der Waals surface area contributed by atoms with Crippen LogP contribution in [0, 0.1) is 5.41 Å². The maximum atomic E-state index is 11.7. The van der Waals surface area contributed by atoms with Gasteiger partial charge in [0.1, 0.15) is 0 Å². The molecule has 17 heavy (non-hydrogen) atoms. The summed E-state index contributed by atoms with van der Waals surface area (Å²) in [6, 6.07) is 0. The smallest absolute Gasteiger partial charge is 0.213 e. The fraction of sp³-hybridized carbons (Fsp3) is 1.00. The van der Waals surface area contributed by atoms with Crippen LogP contribution in [0.1, 0.15) is 27.2 Å². The first kappa shape index (κ1) is 14.9. The van der Waals surface area contributed by atoms with Gasteiger partial charge < -0.3 is 10.1 Å². The van der Waals surface area contributed by atoms with Crippen LogP contribution in [0.15, 0.2) is 0 Å². The van der Waals surface area contributed by atoms with Crippen LogP contribution >= 0.6 is 0 Å². The summed E-state index contributed by atoms with van der Waals surface area (Å²) in [6.07, 6.45) is 1.08. The molecule has 0 saturated carbocycles. The highest BCUT2D eigenvalue weighted by Gasteiger charge is 2.29. The molecule has 1 fully saturated rings. The van der Waals surface area contributed by atoms with Gasteiger partial charge in [0.25, 0.3) is 0 Å². The average Bonchev–Trinajstić information content (AvgIpc) is 2.63. The zero-order valence-corrected chi connectivity index (χ0v) is 11.8. The van der Waals surface area contributed by atoms with Gasteiger partial charge in [-0.3, -0.25) is 0 Å². The van der Waals surface area contributed by atoms with Crippen LogP contribution in [0.2, 0.25) is 0 Å². The second-order valence-corrected chi connectivity index (χ2v) is 7.22. The third kappa shape index (κ3) is 5.81. The molecule has 1 unspecified atom stereocenters. The number of hydrogen-bond acceptors (Lipinski definition) is 4. The maximum Gasteiger partial charge on any atom is 0.213 e. The summed E-state index contributed by atoms with van der Waals surface area (Å²) in [5.41, 5.74) is 0.0476. The van der Waals surface area contributed by atoms with E-state index in [4.69, 9.17) is 4.74 Å². The fourth-order valence-electron chi connectivity index (χ4n) is 1.77. The largest absolute Gasteiger partial charge is 0.378 e. The van der Waals surface area contributed by atoms with Gasteiger partial charge in [-0.25, -0.2) is 13.1 Å². The topological polar surface area (TPSA) is 67.4 Å². The molecule has 0 aromatic rings. The number of nitrogens with one attached hydrogen (secondary N) is 2. The summed E-state index contributed by atoms with van der Waals surface area (Å²) in [6.45, 7) is 8.48. The molecule has 0 aromatic carbocycles. The molecule has 0 aromatic heterocycles. The molecule has 0 spiro atoms. The number of rotatable bonds is 7. The van der Waals surface area contributed by atoms with E-state index in [9.17, 15) is 8.42 Å². The first-order valence-electron chi connectivity index (χ1n) is 6.13. The molecule has 1 rings (SSSR count). The predicted molar refractivity (Wildman–Crippen MR) is 68.5 cm³/mol. The second-order valence-electron chi connectivity index (χ2n) is 5.30. The number of hydrogen-bond donors (Lipinski definition) is 2. The Morgan fingerprint density at radius 1 is 1.47 bits per heavy atom. The minimum Gasteiger partial charge on any atom is -0.378 e. The van der Waals surface area contributed by atoms with Crippen molar-refractivity contribution in [2.45, 2.75) is 33.3 Å². The van der Waals surface area contributed by atoms with Crippen LogP contribution in [0.25, 0.3) is 0 Å². The standard InChI is InChI=1S/C11H24N2O3S/c1-10(2)16-6-7-17(14,15)13-9-11(3)4-5-12-8-11/h10,12-13H,4-9H2,1-3H3. The van der Waals surface area contributed by atoms with Gasteiger partial charge in [-0.1, -0.05) is 6.92 Å². The summed E-state index contributed by atoms with van der Waals surface area (Å²) in [5.74, 6) is 0.0364. The van der Waals surface area contributed by atoms with Crippen LogP contribution in [-0.4, -0.2) is 46.5 Å². The molecule has 0 radical (unpaired) electrons. The van der Waals surface area contributed by atoms with Gasteiger partial charge in [0.05, 0.1) is 18.5 Å². The summed E-state index contributed by atoms with van der Waals surface area (Å²) in [5, 5.41) is 3.25. The van der Waals surface area contributed by atoms with Gasteiger partial charge >= 0.3 is 0 Å². The number of sulfonamides is 1. The van der Waals surface area contributed by atoms with Crippen molar-refractivity contribution in [1.29, 1.82) is 0 Å². The van der Waals surface area contributed by atoms with Crippen molar-refractivity contribution in [3.05, 3.63) is 0 Å². The van der Waals surface area contributed by atoms with Crippen LogP contribution in [0.4, 0.5) is 0 Å². The van der Waals surface area contributed by atoms with E-state index in [1.807, 2.05) is 13.8 Å². The van der Waals surface area contributed by atoms with Crippen molar-refractivity contribution in [1.82, 2.24) is 10.0 Å². The van der Waals surface area contributed by atoms with Gasteiger partial charge in [-0.05, 0) is 32.2 Å². The van der Waals surface area contributed by atoms with Gasteiger partial charge in [-0.15, -0.1) is 0 Å². The Bertz CT molecular complexity index is 322. The molecular weight excluding hydrogens is 240 g/mol. The van der Waals surface area contributed by atoms with Gasteiger partial charge in [0.15, 0.2) is 0 Å². The molecule has 1 heterocycles. The predicted octanol–water partition coefficient (Wildman–Crippen LogP) is 0.330. The van der Waals surface area contributed by atoms with Crippen molar-refractivity contribution in [3.8, 4) is 0 Å². The minimum absolute atomic E-state index is 0.0364. The quantitative estimate of drug-likeness (QED) is 0.695. The maximum absolute atomic E-state index is 11.7. The molecular formula is C11H24N2O3S. The lowest BCUT2D eigenvalue weighted by atomic mass is 9.90. The van der Waals surface area contributed by atoms with Crippen molar-refractivity contribution in [2.75, 3.05) is 32.0 Å². The van der Waals surface area contributed by atoms with Gasteiger partial charge in [0, 0.05) is 13.1 Å². The van der Waals surface area contributed by atoms with Gasteiger partial charge in [-0.2, -0.15) is 0 Å². The Hall–Kier alpha value is -0.170. The number of ether oxygens (including phenoxy) is 1. The normalized spacial score (nSPS) is 25.6. The Kier molecular flexibility index (Phi) is 5.37. The van der Waals surface area contributed by atoms with E-state index in [0.29, 0.717) is 6.54 Å². The molecule has 0 amide bonds. The molecule has 1 aliphatic heterocycles. The molecule has 0 aliphatic carbocycles. The highest BCUT2D eigenvalue weighted by atomic mass is 32.2. The second kappa shape index (κ2) is 6.13. The van der Waals surface area contributed by atoms with Crippen molar-refractivity contribution >= 4 is 10.0 Å². The highest BCUT2D eigenvalue weighted by molar-refractivity contribution is 7.89. The lowest BCUT2D eigenvalue weighted by molar-refractivity contribution is 0.0911. The summed E-state index contributed by atoms with van der Waals surface area (Å²) in [7, 11) is -3.21. The molecule has 102 valence electrons. The molecule has 1 aliphatic rings. The fourth-order valence-corrected chi connectivity index (χ4v) is 2.80. The minimum atomic E-state index is -3.21. The monoisotopic (exact) mass is 264 g/mol. The molecule has 2 N–H and O–H groups in total. The Labute approximate surface area is 104 Å². The summed E-state index contributed by atoms with van der Waals surface area (Å²) in [4.78, 5) is 0. The van der Waals surface area contributed by atoms with Gasteiger partial charge in [0.2, 0.25) is 10.0 Å². The SMILES string of the molecule is CC(C)OCCS(=O)(=O)NCC1(C)CCNC1. The van der Waals surface area contributed by atoms with Crippen LogP contribution in [0.3, 0.4) is 0 Å². The Morgan fingerprint density at radius 3 is 2.71 bits per heavy atom. The molecule has 5 nitrogen and oxygen atoms in total. The van der Waals surface area contributed by atoms with Crippen LogP contribution in [-0.2, 0) is 14.8 Å². The van der Waals surface area contributed by atoms with Crippen LogP contribution < -0.4 is 10.0 Å².